The molecule has 1 aromatic rings. The van der Waals surface area contributed by atoms with Crippen molar-refractivity contribution in [2.45, 2.75) is 32.4 Å². The third kappa shape index (κ3) is 4.27. The Morgan fingerprint density at radius 2 is 2.11 bits per heavy atom. The van der Waals surface area contributed by atoms with Crippen LogP contribution in [0.3, 0.4) is 0 Å². The monoisotopic (exact) mass is 264 g/mol. The molecule has 1 rings (SSSR count). The first-order chi connectivity index (χ1) is 8.31. The van der Waals surface area contributed by atoms with E-state index in [-0.39, 0.29) is 30.8 Å². The number of aryl methyl sites for hydroxylation is 1. The highest BCUT2D eigenvalue weighted by Crippen LogP contribution is 2.21. The quantitative estimate of drug-likeness (QED) is 0.708. The highest BCUT2D eigenvalue weighted by atomic mass is 19.4. The standard InChI is InChI=1S/C10H15F3N4O/c1-6-7(14)8(17-16-6)9(18)15-5-3-2-4-10(11,12)13/h2-5,14H2,1H3,(H,15,18)(H,16,17). The molecule has 1 amide bonds. The summed E-state index contributed by atoms with van der Waals surface area (Å²) in [6.07, 6.45) is -4.74. The van der Waals surface area contributed by atoms with Gasteiger partial charge in [-0.15, -0.1) is 0 Å². The fourth-order valence-electron chi connectivity index (χ4n) is 1.35. The van der Waals surface area contributed by atoms with Crippen LogP contribution in [0.25, 0.3) is 0 Å². The van der Waals surface area contributed by atoms with Crippen molar-refractivity contribution >= 4 is 11.6 Å². The van der Waals surface area contributed by atoms with Gasteiger partial charge in [0.05, 0.1) is 11.4 Å². The van der Waals surface area contributed by atoms with E-state index >= 15 is 0 Å². The molecular weight excluding hydrogens is 249 g/mol. The second kappa shape index (κ2) is 5.74. The minimum absolute atomic E-state index is 0.0150. The van der Waals surface area contributed by atoms with Gasteiger partial charge in [-0.3, -0.25) is 9.89 Å². The van der Waals surface area contributed by atoms with Crippen molar-refractivity contribution in [1.82, 2.24) is 15.5 Å². The molecule has 0 aromatic carbocycles. The van der Waals surface area contributed by atoms with E-state index in [0.717, 1.165) is 0 Å². The van der Waals surface area contributed by atoms with E-state index in [9.17, 15) is 18.0 Å². The van der Waals surface area contributed by atoms with Crippen LogP contribution in [0.5, 0.6) is 0 Å². The van der Waals surface area contributed by atoms with Crippen molar-refractivity contribution in [3.8, 4) is 0 Å². The van der Waals surface area contributed by atoms with Crippen LogP contribution >= 0.6 is 0 Å². The van der Waals surface area contributed by atoms with Gasteiger partial charge in [-0.2, -0.15) is 18.3 Å². The molecule has 0 spiro atoms. The van der Waals surface area contributed by atoms with Crippen molar-refractivity contribution in [3.05, 3.63) is 11.4 Å². The predicted octanol–water partition coefficient (Wildman–Crippen LogP) is 1.76. The zero-order valence-corrected chi connectivity index (χ0v) is 9.90. The second-order valence-corrected chi connectivity index (χ2v) is 3.94. The first-order valence-corrected chi connectivity index (χ1v) is 5.46. The normalized spacial score (nSPS) is 11.6. The van der Waals surface area contributed by atoms with E-state index in [2.05, 4.69) is 15.5 Å². The molecule has 4 N–H and O–H groups in total. The highest BCUT2D eigenvalue weighted by molar-refractivity contribution is 5.97. The molecular formula is C10H15F3N4O. The predicted molar refractivity (Wildman–Crippen MR) is 60.0 cm³/mol. The number of aromatic amines is 1. The topological polar surface area (TPSA) is 83.8 Å². The Balaban J connectivity index is 2.28. The molecule has 1 heterocycles. The summed E-state index contributed by atoms with van der Waals surface area (Å²) in [5, 5.41) is 8.74. The van der Waals surface area contributed by atoms with Gasteiger partial charge in [-0.1, -0.05) is 0 Å². The third-order valence-corrected chi connectivity index (χ3v) is 2.38. The van der Waals surface area contributed by atoms with E-state index in [1.807, 2.05) is 0 Å². The summed E-state index contributed by atoms with van der Waals surface area (Å²) in [4.78, 5) is 11.5. The van der Waals surface area contributed by atoms with Gasteiger partial charge < -0.3 is 11.1 Å². The summed E-state index contributed by atoms with van der Waals surface area (Å²) in [7, 11) is 0. The van der Waals surface area contributed by atoms with Crippen molar-refractivity contribution in [1.29, 1.82) is 0 Å². The number of nitrogens with one attached hydrogen (secondary N) is 2. The number of amides is 1. The second-order valence-electron chi connectivity index (χ2n) is 3.94. The number of unbranched alkanes of at least 4 members (excludes halogenated alkanes) is 1. The fourth-order valence-corrected chi connectivity index (χ4v) is 1.35. The number of rotatable bonds is 5. The summed E-state index contributed by atoms with van der Waals surface area (Å²) in [6, 6.07) is 0. The van der Waals surface area contributed by atoms with Gasteiger partial charge in [-0.05, 0) is 19.8 Å². The van der Waals surface area contributed by atoms with Gasteiger partial charge in [0.2, 0.25) is 0 Å². The van der Waals surface area contributed by atoms with Crippen LogP contribution in [0.1, 0.15) is 35.4 Å². The minimum atomic E-state index is -4.15. The van der Waals surface area contributed by atoms with Crippen LogP contribution in [0.15, 0.2) is 0 Å². The first-order valence-electron chi connectivity index (χ1n) is 5.46. The maximum absolute atomic E-state index is 11.8. The van der Waals surface area contributed by atoms with Crippen LogP contribution in [0, 0.1) is 6.92 Å². The number of H-pyrrole nitrogens is 1. The summed E-state index contributed by atoms with van der Waals surface area (Å²) in [5.74, 6) is -0.483. The number of nitrogen functional groups attached to an aromatic ring is 1. The number of anilines is 1. The molecule has 0 aliphatic carbocycles. The number of carbonyl (C=O) groups excluding carboxylic acids is 1. The molecule has 0 aliphatic rings. The molecule has 5 nitrogen and oxygen atoms in total. The van der Waals surface area contributed by atoms with Crippen molar-refractivity contribution in [3.63, 3.8) is 0 Å². The molecule has 0 saturated heterocycles. The van der Waals surface area contributed by atoms with Crippen molar-refractivity contribution in [2.75, 3.05) is 12.3 Å². The number of alkyl halides is 3. The van der Waals surface area contributed by atoms with E-state index in [1.165, 1.54) is 0 Å². The van der Waals surface area contributed by atoms with E-state index in [4.69, 9.17) is 5.73 Å². The molecule has 18 heavy (non-hydrogen) atoms. The van der Waals surface area contributed by atoms with Gasteiger partial charge >= 0.3 is 6.18 Å². The molecule has 0 saturated carbocycles. The highest BCUT2D eigenvalue weighted by Gasteiger charge is 2.25. The lowest BCUT2D eigenvalue weighted by atomic mass is 10.2. The molecule has 0 bridgehead atoms. The Morgan fingerprint density at radius 3 is 2.61 bits per heavy atom. The van der Waals surface area contributed by atoms with Crippen LogP contribution in [-0.2, 0) is 0 Å². The average molecular weight is 264 g/mol. The average Bonchev–Trinajstić information content (AvgIpc) is 2.57. The molecule has 1 aromatic heterocycles. The first kappa shape index (κ1) is 14.3. The van der Waals surface area contributed by atoms with Gasteiger partial charge in [0.1, 0.15) is 0 Å². The maximum atomic E-state index is 11.8. The Kier molecular flexibility index (Phi) is 4.57. The van der Waals surface area contributed by atoms with Gasteiger partial charge in [0, 0.05) is 13.0 Å². The van der Waals surface area contributed by atoms with Gasteiger partial charge in [0.15, 0.2) is 5.69 Å². The van der Waals surface area contributed by atoms with Crippen LogP contribution in [0.4, 0.5) is 18.9 Å². The van der Waals surface area contributed by atoms with Gasteiger partial charge in [0.25, 0.3) is 5.91 Å². The number of hydrogen-bond acceptors (Lipinski definition) is 3. The lowest BCUT2D eigenvalue weighted by Crippen LogP contribution is -2.25. The van der Waals surface area contributed by atoms with E-state index in [0.29, 0.717) is 5.69 Å². The van der Waals surface area contributed by atoms with Crippen molar-refractivity contribution < 1.29 is 18.0 Å². The summed E-state index contributed by atoms with van der Waals surface area (Å²) >= 11 is 0. The zero-order valence-electron chi connectivity index (χ0n) is 9.90. The van der Waals surface area contributed by atoms with E-state index < -0.39 is 18.5 Å². The van der Waals surface area contributed by atoms with E-state index in [1.54, 1.807) is 6.92 Å². The zero-order chi connectivity index (χ0) is 13.8. The minimum Gasteiger partial charge on any atom is -0.395 e. The number of halogens is 3. The SMILES string of the molecule is Cc1[nH]nc(C(=O)NCCCCC(F)(F)F)c1N. The lowest BCUT2D eigenvalue weighted by Gasteiger charge is -2.06. The summed E-state index contributed by atoms with van der Waals surface area (Å²) in [5.41, 5.74) is 6.49. The molecule has 8 heteroatoms. The number of nitrogens with two attached hydrogens (primary N) is 1. The number of nitrogens with zero attached hydrogens (tertiary/aromatic N) is 1. The van der Waals surface area contributed by atoms with Crippen LogP contribution in [0.2, 0.25) is 0 Å². The molecule has 0 aliphatic heterocycles. The molecule has 0 fully saturated rings. The smallest absolute Gasteiger partial charge is 0.389 e. The van der Waals surface area contributed by atoms with Crippen LogP contribution in [-0.4, -0.2) is 28.8 Å². The number of hydrogen-bond donors (Lipinski definition) is 3. The molecule has 0 atom stereocenters. The largest absolute Gasteiger partial charge is 0.395 e. The third-order valence-electron chi connectivity index (χ3n) is 2.38. The Morgan fingerprint density at radius 1 is 1.44 bits per heavy atom. The molecule has 0 radical (unpaired) electrons. The molecule has 0 unspecified atom stereocenters. The molecule has 102 valence electrons. The van der Waals surface area contributed by atoms with Crippen molar-refractivity contribution in [2.24, 2.45) is 0 Å². The Hall–Kier alpha value is -1.73. The Labute approximate surface area is 102 Å². The summed E-state index contributed by atoms with van der Waals surface area (Å²) < 4.78 is 35.5. The lowest BCUT2D eigenvalue weighted by molar-refractivity contribution is -0.135. The number of aromatic nitrogens is 2. The number of carbonyl (C=O) groups is 1. The Bertz CT molecular complexity index is 414. The van der Waals surface area contributed by atoms with Gasteiger partial charge in [-0.25, -0.2) is 0 Å². The summed E-state index contributed by atoms with van der Waals surface area (Å²) in [6.45, 7) is 1.84. The van der Waals surface area contributed by atoms with Crippen LogP contribution < -0.4 is 11.1 Å². The maximum Gasteiger partial charge on any atom is 0.389 e. The fraction of sp³-hybridized carbons (Fsp3) is 0.600.